The van der Waals surface area contributed by atoms with Crippen molar-refractivity contribution in [3.8, 4) is 0 Å². The van der Waals surface area contributed by atoms with Crippen molar-refractivity contribution in [2.45, 2.75) is 25.7 Å². The number of carbonyl (C=O) groups is 1. The third-order valence-electron chi connectivity index (χ3n) is 2.74. The highest BCUT2D eigenvalue weighted by molar-refractivity contribution is 5.78. The van der Waals surface area contributed by atoms with Gasteiger partial charge in [0.1, 0.15) is 0 Å². The predicted molar refractivity (Wildman–Crippen MR) is 49.0 cm³/mol. The largest absolute Gasteiger partial charge is 0.342 e. The molecule has 0 spiro atoms. The average Bonchev–Trinajstić information content (AvgIpc) is 2.15. The highest BCUT2D eigenvalue weighted by Gasteiger charge is 2.36. The van der Waals surface area contributed by atoms with Crippen LogP contribution in [0.1, 0.15) is 19.8 Å². The van der Waals surface area contributed by atoms with Gasteiger partial charge in [0.05, 0.1) is 6.54 Å². The SMILES string of the molecule is CC(F)(F)C1CCN(C(=O)CN)CC1. The Hall–Kier alpha value is -0.710. The second-order valence-electron chi connectivity index (χ2n) is 3.82. The molecule has 1 aliphatic heterocycles. The van der Waals surface area contributed by atoms with Gasteiger partial charge >= 0.3 is 0 Å². The quantitative estimate of drug-likeness (QED) is 0.727. The Kier molecular flexibility index (Phi) is 3.42. The summed E-state index contributed by atoms with van der Waals surface area (Å²) in [6.07, 6.45) is 0.741. The van der Waals surface area contributed by atoms with Crippen LogP contribution in [0.3, 0.4) is 0 Å². The van der Waals surface area contributed by atoms with Gasteiger partial charge in [0.2, 0.25) is 11.8 Å². The Morgan fingerprint density at radius 1 is 1.50 bits per heavy atom. The van der Waals surface area contributed by atoms with Crippen molar-refractivity contribution in [1.29, 1.82) is 0 Å². The second kappa shape index (κ2) is 4.21. The molecule has 0 aromatic rings. The van der Waals surface area contributed by atoms with Crippen LogP contribution >= 0.6 is 0 Å². The molecule has 1 rings (SSSR count). The van der Waals surface area contributed by atoms with E-state index >= 15 is 0 Å². The maximum atomic E-state index is 12.9. The fraction of sp³-hybridized carbons (Fsp3) is 0.889. The maximum absolute atomic E-state index is 12.9. The van der Waals surface area contributed by atoms with Gasteiger partial charge in [0.25, 0.3) is 0 Å². The van der Waals surface area contributed by atoms with Crippen molar-refractivity contribution in [3.05, 3.63) is 0 Å². The van der Waals surface area contributed by atoms with E-state index in [0.29, 0.717) is 25.9 Å². The standard InChI is InChI=1S/C9H16F2N2O/c1-9(10,11)7-2-4-13(5-3-7)8(14)6-12/h7H,2-6,12H2,1H3. The number of hydrogen-bond donors (Lipinski definition) is 1. The van der Waals surface area contributed by atoms with Crippen molar-refractivity contribution < 1.29 is 13.6 Å². The van der Waals surface area contributed by atoms with Crippen molar-refractivity contribution in [2.24, 2.45) is 11.7 Å². The van der Waals surface area contributed by atoms with Crippen LogP contribution in [-0.2, 0) is 4.79 Å². The normalized spacial score (nSPS) is 19.9. The number of halogens is 2. The van der Waals surface area contributed by atoms with Crippen molar-refractivity contribution in [2.75, 3.05) is 19.6 Å². The summed E-state index contributed by atoms with van der Waals surface area (Å²) in [7, 11) is 0. The molecule has 0 aliphatic carbocycles. The minimum Gasteiger partial charge on any atom is -0.342 e. The molecular formula is C9H16F2N2O. The molecule has 1 saturated heterocycles. The molecule has 1 fully saturated rings. The van der Waals surface area contributed by atoms with Crippen molar-refractivity contribution >= 4 is 5.91 Å². The third kappa shape index (κ3) is 2.64. The van der Waals surface area contributed by atoms with Gasteiger partial charge in [0.15, 0.2) is 0 Å². The molecule has 0 radical (unpaired) electrons. The number of nitrogens with two attached hydrogens (primary N) is 1. The van der Waals surface area contributed by atoms with Crippen LogP contribution in [0, 0.1) is 5.92 Å². The van der Waals surface area contributed by atoms with Crippen LogP contribution in [0.4, 0.5) is 8.78 Å². The zero-order valence-electron chi connectivity index (χ0n) is 8.30. The predicted octanol–water partition coefficient (Wildman–Crippen LogP) is 0.839. The van der Waals surface area contributed by atoms with Crippen LogP contribution in [-0.4, -0.2) is 36.4 Å². The molecule has 0 saturated carbocycles. The Morgan fingerprint density at radius 3 is 2.36 bits per heavy atom. The van der Waals surface area contributed by atoms with Crippen molar-refractivity contribution in [3.63, 3.8) is 0 Å². The van der Waals surface area contributed by atoms with Crippen LogP contribution in [0.25, 0.3) is 0 Å². The topological polar surface area (TPSA) is 46.3 Å². The monoisotopic (exact) mass is 206 g/mol. The number of rotatable bonds is 2. The summed E-state index contributed by atoms with van der Waals surface area (Å²) in [5, 5.41) is 0. The summed E-state index contributed by atoms with van der Waals surface area (Å²) < 4.78 is 25.8. The number of nitrogens with zero attached hydrogens (tertiary/aromatic N) is 1. The van der Waals surface area contributed by atoms with E-state index in [1.54, 1.807) is 4.90 Å². The number of likely N-dealkylation sites (tertiary alicyclic amines) is 1. The van der Waals surface area contributed by atoms with Crippen molar-refractivity contribution in [1.82, 2.24) is 4.90 Å². The first-order chi connectivity index (χ1) is 6.45. The summed E-state index contributed by atoms with van der Waals surface area (Å²) in [4.78, 5) is 12.7. The van der Waals surface area contributed by atoms with E-state index in [9.17, 15) is 13.6 Å². The Bertz CT molecular complexity index is 207. The van der Waals surface area contributed by atoms with E-state index in [0.717, 1.165) is 6.92 Å². The molecule has 0 bridgehead atoms. The lowest BCUT2D eigenvalue weighted by Gasteiger charge is -2.34. The van der Waals surface area contributed by atoms with Gasteiger partial charge in [-0.3, -0.25) is 4.79 Å². The molecule has 0 aromatic carbocycles. The number of alkyl halides is 2. The third-order valence-corrected chi connectivity index (χ3v) is 2.74. The van der Waals surface area contributed by atoms with Gasteiger partial charge in [-0.2, -0.15) is 0 Å². The zero-order valence-corrected chi connectivity index (χ0v) is 8.30. The van der Waals surface area contributed by atoms with Crippen LogP contribution in [0.15, 0.2) is 0 Å². The molecule has 0 unspecified atom stereocenters. The number of carbonyl (C=O) groups excluding carboxylic acids is 1. The molecule has 0 aromatic heterocycles. The van der Waals surface area contributed by atoms with Gasteiger partial charge in [-0.25, -0.2) is 8.78 Å². The second-order valence-corrected chi connectivity index (χ2v) is 3.82. The Balaban J connectivity index is 2.43. The highest BCUT2D eigenvalue weighted by atomic mass is 19.3. The van der Waals surface area contributed by atoms with Gasteiger partial charge in [0, 0.05) is 19.0 Å². The molecular weight excluding hydrogens is 190 g/mol. The summed E-state index contributed by atoms with van der Waals surface area (Å²) in [5.74, 6) is -3.37. The van der Waals surface area contributed by atoms with E-state index in [-0.39, 0.29) is 12.5 Å². The Morgan fingerprint density at radius 2 is 2.00 bits per heavy atom. The summed E-state index contributed by atoms with van der Waals surface area (Å²) in [5.41, 5.74) is 5.18. The molecule has 1 aliphatic rings. The lowest BCUT2D eigenvalue weighted by molar-refractivity contribution is -0.133. The summed E-state index contributed by atoms with van der Waals surface area (Å²) in [6.45, 7) is 1.72. The minimum atomic E-state index is -2.63. The Labute approximate surface area is 82.2 Å². The first kappa shape index (κ1) is 11.4. The van der Waals surface area contributed by atoms with Gasteiger partial charge < -0.3 is 10.6 Å². The number of amides is 1. The van der Waals surface area contributed by atoms with E-state index in [1.165, 1.54) is 0 Å². The lowest BCUT2D eigenvalue weighted by atomic mass is 9.91. The minimum absolute atomic E-state index is 0.0345. The van der Waals surface area contributed by atoms with Crippen LogP contribution in [0.2, 0.25) is 0 Å². The molecule has 2 N–H and O–H groups in total. The van der Waals surface area contributed by atoms with Crippen LogP contribution in [0.5, 0.6) is 0 Å². The fourth-order valence-corrected chi connectivity index (χ4v) is 1.76. The van der Waals surface area contributed by atoms with E-state index < -0.39 is 11.8 Å². The lowest BCUT2D eigenvalue weighted by Crippen LogP contribution is -2.44. The summed E-state index contributed by atoms with van der Waals surface area (Å²) >= 11 is 0. The smallest absolute Gasteiger partial charge is 0.248 e. The summed E-state index contributed by atoms with van der Waals surface area (Å²) in [6, 6.07) is 0. The fourth-order valence-electron chi connectivity index (χ4n) is 1.76. The molecule has 82 valence electrons. The highest BCUT2D eigenvalue weighted by Crippen LogP contribution is 2.32. The first-order valence-corrected chi connectivity index (χ1v) is 4.81. The molecule has 3 nitrogen and oxygen atoms in total. The first-order valence-electron chi connectivity index (χ1n) is 4.81. The molecule has 5 heteroatoms. The molecule has 0 atom stereocenters. The zero-order chi connectivity index (χ0) is 10.8. The van der Waals surface area contributed by atoms with E-state index in [1.807, 2.05) is 0 Å². The van der Waals surface area contributed by atoms with Gasteiger partial charge in [-0.15, -0.1) is 0 Å². The van der Waals surface area contributed by atoms with Crippen LogP contribution < -0.4 is 5.73 Å². The van der Waals surface area contributed by atoms with E-state index in [2.05, 4.69) is 0 Å². The average molecular weight is 206 g/mol. The van der Waals surface area contributed by atoms with Gasteiger partial charge in [-0.1, -0.05) is 0 Å². The molecule has 14 heavy (non-hydrogen) atoms. The van der Waals surface area contributed by atoms with Gasteiger partial charge in [-0.05, 0) is 19.8 Å². The maximum Gasteiger partial charge on any atom is 0.248 e. The number of piperidine rings is 1. The van der Waals surface area contributed by atoms with E-state index in [4.69, 9.17) is 5.73 Å². The molecule has 1 amide bonds. The number of hydrogen-bond acceptors (Lipinski definition) is 2. The molecule has 1 heterocycles.